The Morgan fingerprint density at radius 2 is 1.90 bits per heavy atom. The van der Waals surface area contributed by atoms with Crippen LogP contribution in [0.3, 0.4) is 0 Å². The lowest BCUT2D eigenvalue weighted by atomic mass is 10.1. The predicted octanol–water partition coefficient (Wildman–Crippen LogP) is 3.85. The van der Waals surface area contributed by atoms with Gasteiger partial charge in [-0.3, -0.25) is 0 Å². The van der Waals surface area contributed by atoms with Crippen molar-refractivity contribution in [2.24, 2.45) is 5.92 Å². The van der Waals surface area contributed by atoms with E-state index in [2.05, 4.69) is 0 Å². The number of alkyl halides is 1. The topological polar surface area (TPSA) is 37.4 Å². The summed E-state index contributed by atoms with van der Waals surface area (Å²) in [6.45, 7) is 7.08. The van der Waals surface area contributed by atoms with Gasteiger partial charge in [0.25, 0.3) is 0 Å². The number of hydrogen-bond acceptors (Lipinski definition) is 2. The molecule has 0 heterocycles. The summed E-state index contributed by atoms with van der Waals surface area (Å²) in [6, 6.07) is 3.68. The van der Waals surface area contributed by atoms with Crippen molar-refractivity contribution in [3.05, 3.63) is 28.8 Å². The van der Waals surface area contributed by atoms with Crippen LogP contribution in [0.15, 0.2) is 17.0 Å². The molecule has 0 bridgehead atoms. The lowest BCUT2D eigenvalue weighted by molar-refractivity contribution is 0.395. The summed E-state index contributed by atoms with van der Waals surface area (Å²) < 4.78 is 27.6. The first-order valence-electron chi connectivity index (χ1n) is 7.56. The van der Waals surface area contributed by atoms with E-state index in [1.165, 1.54) is 0 Å². The van der Waals surface area contributed by atoms with Crippen molar-refractivity contribution < 1.29 is 8.42 Å². The van der Waals surface area contributed by atoms with Crippen LogP contribution in [0.4, 0.5) is 0 Å². The van der Waals surface area contributed by atoms with Crippen molar-refractivity contribution >= 4 is 21.6 Å². The zero-order chi connectivity index (χ0) is 15.6. The highest BCUT2D eigenvalue weighted by Crippen LogP contribution is 2.32. The fraction of sp³-hybridized carbons (Fsp3) is 0.625. The number of nitrogens with zero attached hydrogens (tertiary/aromatic N) is 1. The molecule has 0 aliphatic heterocycles. The minimum Gasteiger partial charge on any atom is -0.207 e. The number of rotatable bonds is 7. The van der Waals surface area contributed by atoms with E-state index in [0.717, 1.165) is 36.0 Å². The Morgan fingerprint density at radius 3 is 2.43 bits per heavy atom. The van der Waals surface area contributed by atoms with Gasteiger partial charge in [-0.2, -0.15) is 4.31 Å². The molecule has 2 rings (SSSR count). The molecular formula is C16H24ClNO2S. The maximum atomic E-state index is 13.0. The highest BCUT2D eigenvalue weighted by Gasteiger charge is 2.32. The molecule has 0 atom stereocenters. The maximum absolute atomic E-state index is 13.0. The van der Waals surface area contributed by atoms with Gasteiger partial charge in [-0.15, -0.1) is 11.6 Å². The predicted molar refractivity (Wildman–Crippen MR) is 87.2 cm³/mol. The fourth-order valence-corrected chi connectivity index (χ4v) is 4.74. The van der Waals surface area contributed by atoms with E-state index in [1.54, 1.807) is 10.4 Å². The minimum atomic E-state index is -3.42. The summed E-state index contributed by atoms with van der Waals surface area (Å²) in [7, 11) is -3.42. The summed E-state index contributed by atoms with van der Waals surface area (Å²) in [5.74, 6) is 0.884. The van der Waals surface area contributed by atoms with Crippen molar-refractivity contribution in [2.45, 2.75) is 50.8 Å². The van der Waals surface area contributed by atoms with Crippen LogP contribution in [0, 0.1) is 19.8 Å². The van der Waals surface area contributed by atoms with E-state index >= 15 is 0 Å². The van der Waals surface area contributed by atoms with Crippen LogP contribution in [0.1, 0.15) is 42.9 Å². The largest absolute Gasteiger partial charge is 0.243 e. The number of hydrogen-bond donors (Lipinski definition) is 0. The van der Waals surface area contributed by atoms with E-state index in [9.17, 15) is 8.42 Å². The third-order valence-corrected chi connectivity index (χ3v) is 6.32. The molecule has 1 aliphatic carbocycles. The highest BCUT2D eigenvalue weighted by molar-refractivity contribution is 7.89. The van der Waals surface area contributed by atoms with E-state index in [0.29, 0.717) is 29.8 Å². The van der Waals surface area contributed by atoms with Crippen molar-refractivity contribution in [1.82, 2.24) is 4.31 Å². The Bertz CT molecular complexity index is 609. The van der Waals surface area contributed by atoms with Crippen molar-refractivity contribution in [1.29, 1.82) is 0 Å². The molecule has 1 saturated carbocycles. The second kappa shape index (κ2) is 6.67. The fourth-order valence-electron chi connectivity index (χ4n) is 2.58. The molecule has 21 heavy (non-hydrogen) atoms. The van der Waals surface area contributed by atoms with Crippen LogP contribution in [0.5, 0.6) is 0 Å². The van der Waals surface area contributed by atoms with Crippen molar-refractivity contribution in [2.75, 3.05) is 13.1 Å². The minimum absolute atomic E-state index is 0.338. The molecule has 0 saturated heterocycles. The summed E-state index contributed by atoms with van der Waals surface area (Å²) in [6.07, 6.45) is 3.13. The third kappa shape index (κ3) is 3.79. The summed E-state index contributed by atoms with van der Waals surface area (Å²) in [5.41, 5.74) is 2.74. The lowest BCUT2D eigenvalue weighted by Gasteiger charge is -2.23. The highest BCUT2D eigenvalue weighted by atomic mass is 35.5. The number of sulfonamides is 1. The monoisotopic (exact) mass is 329 g/mol. The molecule has 1 aliphatic rings. The smallest absolute Gasteiger partial charge is 0.207 e. The average Bonchev–Trinajstić information content (AvgIpc) is 3.22. The maximum Gasteiger partial charge on any atom is 0.243 e. The number of benzene rings is 1. The van der Waals surface area contributed by atoms with E-state index in [-0.39, 0.29) is 0 Å². The molecule has 1 aromatic rings. The molecule has 0 spiro atoms. The van der Waals surface area contributed by atoms with Crippen LogP contribution >= 0.6 is 11.6 Å². The van der Waals surface area contributed by atoms with E-state index in [4.69, 9.17) is 11.6 Å². The van der Waals surface area contributed by atoms with Gasteiger partial charge in [0.15, 0.2) is 0 Å². The lowest BCUT2D eigenvalue weighted by Crippen LogP contribution is -2.34. The van der Waals surface area contributed by atoms with Gasteiger partial charge in [-0.1, -0.05) is 13.0 Å². The molecule has 0 N–H and O–H groups in total. The first-order valence-corrected chi connectivity index (χ1v) is 9.53. The Balaban J connectivity index is 2.40. The normalized spacial score (nSPS) is 15.7. The zero-order valence-corrected chi connectivity index (χ0v) is 14.6. The van der Waals surface area contributed by atoms with E-state index in [1.807, 2.05) is 26.8 Å². The molecule has 0 amide bonds. The van der Waals surface area contributed by atoms with Gasteiger partial charge in [0.2, 0.25) is 10.0 Å². The quantitative estimate of drug-likeness (QED) is 0.712. The van der Waals surface area contributed by atoms with E-state index < -0.39 is 10.0 Å². The van der Waals surface area contributed by atoms with Gasteiger partial charge < -0.3 is 0 Å². The van der Waals surface area contributed by atoms with Gasteiger partial charge >= 0.3 is 0 Å². The molecule has 5 heteroatoms. The first kappa shape index (κ1) is 16.8. The molecule has 1 aromatic carbocycles. The van der Waals surface area contributed by atoms with Gasteiger partial charge in [0.05, 0.1) is 4.90 Å². The third-order valence-electron chi connectivity index (χ3n) is 4.03. The Hall–Kier alpha value is -0.580. The van der Waals surface area contributed by atoms with Gasteiger partial charge in [-0.25, -0.2) is 8.42 Å². The number of halogens is 1. The van der Waals surface area contributed by atoms with Crippen molar-refractivity contribution in [3.63, 3.8) is 0 Å². The number of aryl methyl sites for hydroxylation is 2. The molecule has 0 unspecified atom stereocenters. The van der Waals surface area contributed by atoms with Crippen LogP contribution in [-0.2, 0) is 15.9 Å². The van der Waals surface area contributed by atoms with Gasteiger partial charge in [0, 0.05) is 19.0 Å². The Labute approximate surface area is 133 Å². The van der Waals surface area contributed by atoms with Crippen LogP contribution in [0.25, 0.3) is 0 Å². The Morgan fingerprint density at radius 1 is 1.24 bits per heavy atom. The second-order valence-corrected chi connectivity index (χ2v) is 8.16. The average molecular weight is 330 g/mol. The summed E-state index contributed by atoms with van der Waals surface area (Å²) in [5, 5.41) is 0. The zero-order valence-electron chi connectivity index (χ0n) is 13.0. The molecule has 0 aromatic heterocycles. The molecule has 0 radical (unpaired) electrons. The van der Waals surface area contributed by atoms with Crippen molar-refractivity contribution in [3.8, 4) is 0 Å². The molecule has 1 fully saturated rings. The van der Waals surface area contributed by atoms with Gasteiger partial charge in [0.1, 0.15) is 0 Å². The Kier molecular flexibility index (Phi) is 5.33. The van der Waals surface area contributed by atoms with Crippen LogP contribution in [-0.4, -0.2) is 25.8 Å². The molecule has 118 valence electrons. The second-order valence-electron chi connectivity index (χ2n) is 5.98. The SMILES string of the molecule is CCCN(CC1CC1)S(=O)(=O)c1cc(CCl)c(C)cc1C. The van der Waals surface area contributed by atoms with Crippen LogP contribution in [0.2, 0.25) is 0 Å². The van der Waals surface area contributed by atoms with Gasteiger partial charge in [-0.05, 0) is 61.8 Å². The molecular weight excluding hydrogens is 306 g/mol. The summed E-state index contributed by atoms with van der Waals surface area (Å²) >= 11 is 5.93. The standard InChI is InChI=1S/C16H24ClNO2S/c1-4-7-18(11-14-5-6-14)21(19,20)16-9-15(10-17)12(2)8-13(16)3/h8-9,14H,4-7,10-11H2,1-3H3. The first-order chi connectivity index (χ1) is 9.90. The summed E-state index contributed by atoms with van der Waals surface area (Å²) in [4.78, 5) is 0.415. The molecule has 3 nitrogen and oxygen atoms in total. The van der Waals surface area contributed by atoms with Crippen LogP contribution < -0.4 is 0 Å².